The average molecular weight is 700 g/mol. The summed E-state index contributed by atoms with van der Waals surface area (Å²) >= 11 is 0. The van der Waals surface area contributed by atoms with E-state index in [2.05, 4.69) is 28.3 Å². The normalized spacial score (nSPS) is 27.0. The van der Waals surface area contributed by atoms with E-state index in [1.165, 1.54) is 37.1 Å². The molecule has 6 heterocycles. The number of likely N-dealkylation sites (N-methyl/N-ethyl adjacent to an activating group) is 1. The number of carbonyl (C=O) groups excluding carboxylic acids is 3. The van der Waals surface area contributed by atoms with E-state index in [0.29, 0.717) is 51.6 Å². The molecule has 11 nitrogen and oxygen atoms in total. The van der Waals surface area contributed by atoms with Crippen molar-refractivity contribution in [3.8, 4) is 0 Å². The lowest BCUT2D eigenvalue weighted by Gasteiger charge is -2.66. The summed E-state index contributed by atoms with van der Waals surface area (Å²) in [4.78, 5) is 55.3. The van der Waals surface area contributed by atoms with Crippen LogP contribution in [-0.2, 0) is 25.3 Å². The third-order valence-corrected chi connectivity index (χ3v) is 11.3. The number of halogens is 4. The van der Waals surface area contributed by atoms with Gasteiger partial charge in [0, 0.05) is 83.0 Å². The molecule has 1 aromatic heterocycles. The lowest BCUT2D eigenvalue weighted by Crippen LogP contribution is -2.84. The van der Waals surface area contributed by atoms with Crippen molar-refractivity contribution in [1.29, 1.82) is 0 Å². The Morgan fingerprint density at radius 1 is 1.16 bits per heavy atom. The van der Waals surface area contributed by atoms with Gasteiger partial charge in [-0.1, -0.05) is 12.6 Å². The van der Waals surface area contributed by atoms with E-state index in [9.17, 15) is 27.6 Å². The van der Waals surface area contributed by atoms with E-state index in [1.54, 1.807) is 11.0 Å². The van der Waals surface area contributed by atoms with Crippen LogP contribution in [0, 0.1) is 18.7 Å². The molecule has 50 heavy (non-hydrogen) atoms. The van der Waals surface area contributed by atoms with Crippen molar-refractivity contribution in [3.63, 3.8) is 0 Å². The van der Waals surface area contributed by atoms with Gasteiger partial charge in [0.1, 0.15) is 17.7 Å². The third kappa shape index (κ3) is 5.63. The van der Waals surface area contributed by atoms with E-state index in [0.717, 1.165) is 23.6 Å². The van der Waals surface area contributed by atoms with Crippen molar-refractivity contribution >= 4 is 34.9 Å². The van der Waals surface area contributed by atoms with E-state index in [4.69, 9.17) is 4.74 Å². The molecule has 4 atom stereocenters. The van der Waals surface area contributed by atoms with Gasteiger partial charge >= 0.3 is 6.18 Å². The zero-order chi connectivity index (χ0) is 35.7. The van der Waals surface area contributed by atoms with Crippen LogP contribution >= 0.6 is 0 Å². The number of alkyl halides is 3. The number of rotatable bonds is 5. The van der Waals surface area contributed by atoms with Crippen LogP contribution in [0.1, 0.15) is 24.6 Å². The first-order chi connectivity index (χ1) is 23.7. The van der Waals surface area contributed by atoms with Gasteiger partial charge < -0.3 is 19.4 Å². The van der Waals surface area contributed by atoms with Crippen molar-refractivity contribution in [3.05, 3.63) is 60.1 Å². The van der Waals surface area contributed by atoms with Crippen molar-refractivity contribution in [2.24, 2.45) is 5.92 Å². The molecule has 5 aliphatic heterocycles. The number of ether oxygens (including phenoxy) is 1. The highest BCUT2D eigenvalue weighted by Gasteiger charge is 2.59. The zero-order valence-electron chi connectivity index (χ0n) is 28.3. The number of morpholine rings is 1. The van der Waals surface area contributed by atoms with Crippen LogP contribution in [0.5, 0.6) is 0 Å². The molecule has 0 aliphatic carbocycles. The van der Waals surface area contributed by atoms with Crippen LogP contribution in [-0.4, -0.2) is 127 Å². The Morgan fingerprint density at radius 2 is 1.92 bits per heavy atom. The molecule has 1 spiro atoms. The molecule has 4 saturated heterocycles. The lowest BCUT2D eigenvalue weighted by molar-refractivity contribution is -0.190. The highest BCUT2D eigenvalue weighted by molar-refractivity contribution is 6.10. The summed E-state index contributed by atoms with van der Waals surface area (Å²) in [6, 6.07) is 5.18. The molecule has 0 unspecified atom stereocenters. The van der Waals surface area contributed by atoms with Gasteiger partial charge in [0.05, 0.1) is 35.7 Å². The van der Waals surface area contributed by atoms with Gasteiger partial charge in [-0.3, -0.25) is 29.1 Å². The predicted octanol–water partition coefficient (Wildman–Crippen LogP) is 2.92. The maximum absolute atomic E-state index is 15.8. The van der Waals surface area contributed by atoms with Gasteiger partial charge in [-0.15, -0.1) is 0 Å². The number of benzene rings is 1. The second kappa shape index (κ2) is 12.6. The third-order valence-electron chi connectivity index (χ3n) is 11.3. The van der Waals surface area contributed by atoms with Crippen LogP contribution in [0.3, 0.4) is 0 Å². The summed E-state index contributed by atoms with van der Waals surface area (Å²) in [5, 5.41) is 0. The number of carbonyl (C=O) groups is 3. The SMILES string of the molecule is C=CC(=O)N1CC2(C1)[C@H](C)N(CCN1C[C@H]3CC(=O)N(c4cc(C(F)(F)F)cc(C)n4)[C@@H]3C(=O)N(C)c3cccc(F)c31)C[C@H]1COCCN12. The topological polar surface area (TPSA) is 92.8 Å². The quantitative estimate of drug-likeness (QED) is 0.348. The Morgan fingerprint density at radius 3 is 2.64 bits per heavy atom. The van der Waals surface area contributed by atoms with Crippen molar-refractivity contribution in [2.45, 2.75) is 50.1 Å². The monoisotopic (exact) mass is 699 g/mol. The maximum atomic E-state index is 15.8. The van der Waals surface area contributed by atoms with Crippen molar-refractivity contribution in [1.82, 2.24) is 19.7 Å². The van der Waals surface area contributed by atoms with Crippen molar-refractivity contribution in [2.75, 3.05) is 80.8 Å². The van der Waals surface area contributed by atoms with Crippen LogP contribution in [0.4, 0.5) is 34.8 Å². The molecule has 7 rings (SSSR count). The van der Waals surface area contributed by atoms with Crippen molar-refractivity contribution < 1.29 is 36.7 Å². The highest BCUT2D eigenvalue weighted by atomic mass is 19.4. The summed E-state index contributed by atoms with van der Waals surface area (Å²) in [6.45, 7) is 11.9. The summed E-state index contributed by atoms with van der Waals surface area (Å²) < 4.78 is 63.1. The van der Waals surface area contributed by atoms with Gasteiger partial charge in [-0.2, -0.15) is 13.2 Å². The Hall–Kier alpha value is -4.08. The first kappa shape index (κ1) is 34.4. The minimum atomic E-state index is -4.68. The number of para-hydroxylation sites is 1. The van der Waals surface area contributed by atoms with Crippen LogP contribution in [0.25, 0.3) is 0 Å². The highest BCUT2D eigenvalue weighted by Crippen LogP contribution is 2.43. The average Bonchev–Trinajstić information content (AvgIpc) is 3.38. The van der Waals surface area contributed by atoms with E-state index >= 15 is 4.39 Å². The standard InChI is InChI=1S/C35H41F4N7O4/c1-5-29(47)44-19-34(20-44)22(3)42(17-25-18-50-12-11-45(25)34)9-10-43-16-23-14-30(48)46(28-15-24(35(37,38)39)13-21(2)40-28)31(23)33(49)41(4)27-8-6-7-26(36)32(27)43/h5-8,13,15,22-23,25,31H,1,9-12,14,16-20H2,2-4H3/t22-,23+,25-,31-/m0/s1. The number of piperazine rings is 1. The first-order valence-corrected chi connectivity index (χ1v) is 16.9. The number of aromatic nitrogens is 1. The molecule has 0 radical (unpaired) electrons. The fourth-order valence-electron chi connectivity index (χ4n) is 8.75. The summed E-state index contributed by atoms with van der Waals surface area (Å²) in [5.41, 5.74) is -0.652. The summed E-state index contributed by atoms with van der Waals surface area (Å²) in [7, 11) is 1.49. The lowest BCUT2D eigenvalue weighted by atomic mass is 9.76. The Kier molecular flexibility index (Phi) is 8.66. The van der Waals surface area contributed by atoms with Crippen LogP contribution in [0.2, 0.25) is 0 Å². The molecule has 5 aliphatic rings. The molecule has 2 aromatic rings. The van der Waals surface area contributed by atoms with Gasteiger partial charge in [-0.25, -0.2) is 9.37 Å². The van der Waals surface area contributed by atoms with Gasteiger partial charge in [0.2, 0.25) is 17.7 Å². The van der Waals surface area contributed by atoms with Crippen LogP contribution < -0.4 is 14.7 Å². The van der Waals surface area contributed by atoms with E-state index in [1.807, 2.05) is 4.90 Å². The molecule has 0 bridgehead atoms. The maximum Gasteiger partial charge on any atom is 0.416 e. The number of amides is 3. The number of aryl methyl sites for hydroxylation is 1. The second-order valence-electron chi connectivity index (χ2n) is 14.1. The molecule has 268 valence electrons. The number of pyridine rings is 1. The van der Waals surface area contributed by atoms with Gasteiger partial charge in [0.15, 0.2) is 0 Å². The van der Waals surface area contributed by atoms with E-state index in [-0.39, 0.29) is 53.7 Å². The summed E-state index contributed by atoms with van der Waals surface area (Å²) in [6.07, 6.45) is -3.47. The number of hydrogen-bond acceptors (Lipinski definition) is 8. The number of fused-ring (bicyclic) bond motifs is 4. The Labute approximate surface area is 288 Å². The minimum Gasteiger partial charge on any atom is -0.378 e. The molecular formula is C35H41F4N7O4. The van der Waals surface area contributed by atoms with Gasteiger partial charge in [-0.05, 0) is 44.2 Å². The Bertz CT molecular complexity index is 1720. The first-order valence-electron chi connectivity index (χ1n) is 16.9. The number of anilines is 3. The smallest absolute Gasteiger partial charge is 0.378 e. The largest absolute Gasteiger partial charge is 0.416 e. The molecule has 1 aromatic carbocycles. The van der Waals surface area contributed by atoms with Gasteiger partial charge in [0.25, 0.3) is 0 Å². The molecule has 0 saturated carbocycles. The predicted molar refractivity (Wildman–Crippen MR) is 177 cm³/mol. The molecule has 3 amide bonds. The van der Waals surface area contributed by atoms with Crippen LogP contribution in [0.15, 0.2) is 43.0 Å². The molecule has 0 N–H and O–H groups in total. The number of likely N-dealkylation sites (tertiary alicyclic amines) is 1. The summed E-state index contributed by atoms with van der Waals surface area (Å²) in [5.74, 6) is -2.58. The zero-order valence-corrected chi connectivity index (χ0v) is 28.3. The Balaban J connectivity index is 1.20. The second-order valence-corrected chi connectivity index (χ2v) is 14.1. The molecular weight excluding hydrogens is 658 g/mol. The minimum absolute atomic E-state index is 0.0383. The van der Waals surface area contributed by atoms with E-state index < -0.39 is 41.3 Å². The molecule has 15 heteroatoms. The number of hydrogen-bond donors (Lipinski definition) is 0. The fourth-order valence-corrected chi connectivity index (χ4v) is 8.75. The fraction of sp³-hybridized carbons (Fsp3) is 0.543. The number of nitrogens with zero attached hydrogens (tertiary/aromatic N) is 7. The molecule has 4 fully saturated rings.